The summed E-state index contributed by atoms with van der Waals surface area (Å²) < 4.78 is 0. The van der Waals surface area contributed by atoms with E-state index in [1.54, 1.807) is 0 Å². The van der Waals surface area contributed by atoms with E-state index in [0.717, 1.165) is 12.5 Å². The molecule has 1 aromatic carbocycles. The van der Waals surface area contributed by atoms with E-state index in [2.05, 4.69) is 53.8 Å². The zero-order valence-electron chi connectivity index (χ0n) is 12.7. The molecule has 0 aromatic heterocycles. The van der Waals surface area contributed by atoms with Gasteiger partial charge in [0.1, 0.15) is 0 Å². The van der Waals surface area contributed by atoms with Gasteiger partial charge in [-0.3, -0.25) is 0 Å². The second-order valence-electron chi connectivity index (χ2n) is 6.44. The molecule has 2 N–H and O–H groups in total. The van der Waals surface area contributed by atoms with Crippen LogP contribution in [-0.2, 0) is 0 Å². The van der Waals surface area contributed by atoms with Gasteiger partial charge in [0.2, 0.25) is 0 Å². The summed E-state index contributed by atoms with van der Waals surface area (Å²) in [6.07, 6.45) is 2.64. The molecular formula is C17H27N3. The minimum Gasteiger partial charge on any atom is -0.374 e. The maximum absolute atomic E-state index is 3.80. The van der Waals surface area contributed by atoms with E-state index in [1.165, 1.54) is 43.7 Å². The van der Waals surface area contributed by atoms with Crippen LogP contribution in [-0.4, -0.2) is 39.3 Å². The summed E-state index contributed by atoms with van der Waals surface area (Å²) in [6, 6.07) is 9.41. The Bertz CT molecular complexity index is 440. The summed E-state index contributed by atoms with van der Waals surface area (Å²) in [4.78, 5) is 2.39. The van der Waals surface area contributed by atoms with E-state index >= 15 is 0 Å². The van der Waals surface area contributed by atoms with Crippen LogP contribution >= 0.6 is 0 Å². The van der Waals surface area contributed by atoms with Gasteiger partial charge in [-0.05, 0) is 56.9 Å². The largest absolute Gasteiger partial charge is 0.374 e. The van der Waals surface area contributed by atoms with E-state index in [9.17, 15) is 0 Å². The number of nitrogens with zero attached hydrogens (tertiary/aromatic N) is 1. The number of nitrogens with one attached hydrogen (secondary N) is 2. The van der Waals surface area contributed by atoms with Crippen molar-refractivity contribution in [3.63, 3.8) is 0 Å². The first-order chi connectivity index (χ1) is 9.75. The molecule has 2 unspecified atom stereocenters. The fourth-order valence-electron chi connectivity index (χ4n) is 3.65. The number of fused-ring (bicyclic) bond motifs is 1. The second kappa shape index (κ2) is 6.15. The lowest BCUT2D eigenvalue weighted by atomic mass is 9.93. The van der Waals surface area contributed by atoms with Gasteiger partial charge in [0.05, 0.1) is 0 Å². The van der Waals surface area contributed by atoms with Crippen LogP contribution in [0.15, 0.2) is 24.3 Å². The molecule has 0 bridgehead atoms. The predicted octanol–water partition coefficient (Wildman–Crippen LogP) is 2.20. The molecule has 3 heteroatoms. The van der Waals surface area contributed by atoms with Crippen molar-refractivity contribution in [3.05, 3.63) is 29.8 Å². The van der Waals surface area contributed by atoms with Crippen LogP contribution in [0.3, 0.4) is 0 Å². The number of piperidine rings is 1. The number of hydrogen-bond donors (Lipinski definition) is 2. The predicted molar refractivity (Wildman–Crippen MR) is 85.5 cm³/mol. The van der Waals surface area contributed by atoms with E-state index in [0.29, 0.717) is 12.0 Å². The van der Waals surface area contributed by atoms with Crippen LogP contribution in [0.25, 0.3) is 0 Å². The minimum absolute atomic E-state index is 0.552. The van der Waals surface area contributed by atoms with Crippen LogP contribution in [0.1, 0.15) is 31.2 Å². The van der Waals surface area contributed by atoms with Gasteiger partial charge in [-0.25, -0.2) is 0 Å². The van der Waals surface area contributed by atoms with Crippen molar-refractivity contribution in [2.45, 2.75) is 31.7 Å². The smallest absolute Gasteiger partial charge is 0.0400 e. The third-order valence-electron chi connectivity index (χ3n) is 5.01. The second-order valence-corrected chi connectivity index (χ2v) is 6.44. The molecule has 2 heterocycles. The Morgan fingerprint density at radius 3 is 2.85 bits per heavy atom. The standard InChI is InChI=1S/C17H27N3/c1-13(19-11-14-7-9-18-10-8-14)16-12-20(2)17-6-4-3-5-15(16)17/h3-6,13-14,16,18-19H,7-12H2,1-2H3. The summed E-state index contributed by atoms with van der Waals surface area (Å²) in [6.45, 7) is 7.04. The molecule has 0 amide bonds. The molecule has 3 rings (SSSR count). The summed E-state index contributed by atoms with van der Waals surface area (Å²) in [5, 5.41) is 7.24. The highest BCUT2D eigenvalue weighted by Gasteiger charge is 2.30. The van der Waals surface area contributed by atoms with Crippen LogP contribution in [0.5, 0.6) is 0 Å². The Morgan fingerprint density at radius 1 is 1.30 bits per heavy atom. The Kier molecular flexibility index (Phi) is 4.27. The van der Waals surface area contributed by atoms with Crippen LogP contribution in [0.2, 0.25) is 0 Å². The van der Waals surface area contributed by atoms with E-state index in [-0.39, 0.29) is 0 Å². The van der Waals surface area contributed by atoms with Crippen molar-refractivity contribution in [3.8, 4) is 0 Å². The summed E-state index contributed by atoms with van der Waals surface area (Å²) in [7, 11) is 2.21. The lowest BCUT2D eigenvalue weighted by Crippen LogP contribution is -2.40. The zero-order chi connectivity index (χ0) is 13.9. The highest BCUT2D eigenvalue weighted by molar-refractivity contribution is 5.59. The maximum atomic E-state index is 3.80. The van der Waals surface area contributed by atoms with Crippen molar-refractivity contribution in [1.82, 2.24) is 10.6 Å². The fourth-order valence-corrected chi connectivity index (χ4v) is 3.65. The van der Waals surface area contributed by atoms with Gasteiger partial charge in [-0.1, -0.05) is 18.2 Å². The number of hydrogen-bond acceptors (Lipinski definition) is 3. The molecule has 2 atom stereocenters. The maximum Gasteiger partial charge on any atom is 0.0400 e. The first-order valence-electron chi connectivity index (χ1n) is 8.00. The summed E-state index contributed by atoms with van der Waals surface area (Å²) in [5.74, 6) is 1.48. The molecule has 1 saturated heterocycles. The highest BCUT2D eigenvalue weighted by atomic mass is 15.1. The molecule has 1 aromatic rings. The van der Waals surface area contributed by atoms with Gasteiger partial charge < -0.3 is 15.5 Å². The zero-order valence-corrected chi connectivity index (χ0v) is 12.7. The van der Waals surface area contributed by atoms with Crippen molar-refractivity contribution in [2.24, 2.45) is 5.92 Å². The molecule has 20 heavy (non-hydrogen) atoms. The SMILES string of the molecule is CC(NCC1CCNCC1)C1CN(C)c2ccccc21. The van der Waals surface area contributed by atoms with Crippen molar-refractivity contribution >= 4 is 5.69 Å². The molecule has 0 spiro atoms. The lowest BCUT2D eigenvalue weighted by Gasteiger charge is -2.27. The number of benzene rings is 1. The van der Waals surface area contributed by atoms with Crippen molar-refractivity contribution < 1.29 is 0 Å². The topological polar surface area (TPSA) is 27.3 Å². The van der Waals surface area contributed by atoms with E-state index in [1.807, 2.05) is 0 Å². The number of rotatable bonds is 4. The molecule has 0 saturated carbocycles. The number of para-hydroxylation sites is 1. The lowest BCUT2D eigenvalue weighted by molar-refractivity contribution is 0.333. The molecule has 2 aliphatic rings. The Hall–Kier alpha value is -1.06. The normalized spacial score (nSPS) is 24.7. The monoisotopic (exact) mass is 273 g/mol. The molecule has 1 fully saturated rings. The Labute approximate surface area is 122 Å². The summed E-state index contributed by atoms with van der Waals surface area (Å²) in [5.41, 5.74) is 2.92. The van der Waals surface area contributed by atoms with Crippen molar-refractivity contribution in [2.75, 3.05) is 38.1 Å². The van der Waals surface area contributed by atoms with Crippen LogP contribution in [0.4, 0.5) is 5.69 Å². The van der Waals surface area contributed by atoms with Crippen LogP contribution in [0, 0.1) is 5.92 Å². The van der Waals surface area contributed by atoms with Gasteiger partial charge >= 0.3 is 0 Å². The number of likely N-dealkylation sites (N-methyl/N-ethyl adjacent to an activating group) is 1. The van der Waals surface area contributed by atoms with Crippen molar-refractivity contribution in [1.29, 1.82) is 0 Å². The number of anilines is 1. The molecule has 2 aliphatic heterocycles. The van der Waals surface area contributed by atoms with Gasteiger partial charge in [0.25, 0.3) is 0 Å². The molecule has 3 nitrogen and oxygen atoms in total. The first-order valence-corrected chi connectivity index (χ1v) is 8.00. The fraction of sp³-hybridized carbons (Fsp3) is 0.647. The average Bonchev–Trinajstić information content (AvgIpc) is 2.84. The van der Waals surface area contributed by atoms with Gasteiger partial charge in [-0.15, -0.1) is 0 Å². The average molecular weight is 273 g/mol. The quantitative estimate of drug-likeness (QED) is 0.880. The molecule has 0 aliphatic carbocycles. The highest BCUT2D eigenvalue weighted by Crippen LogP contribution is 2.36. The molecule has 110 valence electrons. The third-order valence-corrected chi connectivity index (χ3v) is 5.01. The Morgan fingerprint density at radius 2 is 2.05 bits per heavy atom. The molecular weight excluding hydrogens is 246 g/mol. The Balaban J connectivity index is 1.59. The van der Waals surface area contributed by atoms with Crippen LogP contribution < -0.4 is 15.5 Å². The van der Waals surface area contributed by atoms with E-state index < -0.39 is 0 Å². The first kappa shape index (κ1) is 13.9. The van der Waals surface area contributed by atoms with Gasteiger partial charge in [-0.2, -0.15) is 0 Å². The van der Waals surface area contributed by atoms with E-state index in [4.69, 9.17) is 0 Å². The van der Waals surface area contributed by atoms with Gasteiger partial charge in [0.15, 0.2) is 0 Å². The summed E-state index contributed by atoms with van der Waals surface area (Å²) >= 11 is 0. The minimum atomic E-state index is 0.552. The van der Waals surface area contributed by atoms with Gasteiger partial charge in [0, 0.05) is 31.2 Å². The third kappa shape index (κ3) is 2.84. The molecule has 0 radical (unpaired) electrons.